The molecule has 1 saturated heterocycles. The number of nitrogens with zero attached hydrogens (tertiary/aromatic N) is 1. The fourth-order valence-electron chi connectivity index (χ4n) is 3.83. The van der Waals surface area contributed by atoms with E-state index in [1.54, 1.807) is 0 Å². The summed E-state index contributed by atoms with van der Waals surface area (Å²) < 4.78 is 5.36. The predicted octanol–water partition coefficient (Wildman–Crippen LogP) is 2.69. The van der Waals surface area contributed by atoms with Gasteiger partial charge in [-0.2, -0.15) is 0 Å². The van der Waals surface area contributed by atoms with E-state index in [0.29, 0.717) is 38.0 Å². The molecule has 5 heteroatoms. The van der Waals surface area contributed by atoms with Crippen molar-refractivity contribution in [1.29, 1.82) is 0 Å². The number of carboxylic acids is 1. The number of aliphatic carboxylic acids is 1. The maximum absolute atomic E-state index is 12.7. The number of carbonyl (C=O) groups excluding carboxylic acids is 1. The molecule has 126 valence electrons. The highest BCUT2D eigenvalue weighted by atomic mass is 16.5. The minimum absolute atomic E-state index is 0.0319. The third-order valence-electron chi connectivity index (χ3n) is 5.03. The fourth-order valence-corrected chi connectivity index (χ4v) is 3.83. The Labute approximate surface area is 133 Å². The summed E-state index contributed by atoms with van der Waals surface area (Å²) in [6.45, 7) is 3.93. The standard InChI is InChI=1S/C17H29NO4/c1-13-3-2-4-14(11-13)12-16(19)18(8-5-17(20)21)15-6-9-22-10-7-15/h13-15H,2-12H2,1H3,(H,20,21). The van der Waals surface area contributed by atoms with Gasteiger partial charge in [0.05, 0.1) is 6.42 Å². The van der Waals surface area contributed by atoms with E-state index in [4.69, 9.17) is 9.84 Å². The number of carbonyl (C=O) groups is 2. The zero-order valence-corrected chi connectivity index (χ0v) is 13.6. The molecule has 0 bridgehead atoms. The Morgan fingerprint density at radius 3 is 2.55 bits per heavy atom. The Kier molecular flexibility index (Phi) is 6.68. The lowest BCUT2D eigenvalue weighted by Gasteiger charge is -2.36. The van der Waals surface area contributed by atoms with Crippen molar-refractivity contribution in [2.75, 3.05) is 19.8 Å². The molecule has 22 heavy (non-hydrogen) atoms. The van der Waals surface area contributed by atoms with Gasteiger partial charge in [0.25, 0.3) is 0 Å². The van der Waals surface area contributed by atoms with Crippen LogP contribution in [-0.2, 0) is 14.3 Å². The number of amides is 1. The summed E-state index contributed by atoms with van der Waals surface area (Å²) in [5.41, 5.74) is 0. The summed E-state index contributed by atoms with van der Waals surface area (Å²) in [7, 11) is 0. The van der Waals surface area contributed by atoms with Crippen LogP contribution in [0.1, 0.15) is 58.3 Å². The van der Waals surface area contributed by atoms with E-state index >= 15 is 0 Å². The molecule has 1 saturated carbocycles. The van der Waals surface area contributed by atoms with Crippen LogP contribution in [0.15, 0.2) is 0 Å². The average Bonchev–Trinajstić information content (AvgIpc) is 2.48. The smallest absolute Gasteiger partial charge is 0.305 e. The lowest BCUT2D eigenvalue weighted by atomic mass is 9.80. The number of carboxylic acid groups (broad SMARTS) is 1. The van der Waals surface area contributed by atoms with E-state index < -0.39 is 5.97 Å². The van der Waals surface area contributed by atoms with E-state index in [-0.39, 0.29) is 18.4 Å². The molecule has 2 fully saturated rings. The SMILES string of the molecule is CC1CCCC(CC(=O)N(CCC(=O)O)C2CCOCC2)C1. The molecule has 0 aromatic carbocycles. The summed E-state index contributed by atoms with van der Waals surface area (Å²) >= 11 is 0. The van der Waals surface area contributed by atoms with Crippen molar-refractivity contribution < 1.29 is 19.4 Å². The Hall–Kier alpha value is -1.10. The van der Waals surface area contributed by atoms with Crippen molar-refractivity contribution >= 4 is 11.9 Å². The number of hydrogen-bond donors (Lipinski definition) is 1. The molecule has 1 aliphatic heterocycles. The van der Waals surface area contributed by atoms with Crippen LogP contribution >= 0.6 is 0 Å². The zero-order valence-electron chi connectivity index (χ0n) is 13.6. The number of hydrogen-bond acceptors (Lipinski definition) is 3. The summed E-state index contributed by atoms with van der Waals surface area (Å²) in [5, 5.41) is 8.94. The molecule has 0 aromatic rings. The van der Waals surface area contributed by atoms with Crippen molar-refractivity contribution in [3.05, 3.63) is 0 Å². The largest absolute Gasteiger partial charge is 0.481 e. The highest BCUT2D eigenvalue weighted by Gasteiger charge is 2.29. The van der Waals surface area contributed by atoms with Crippen LogP contribution in [0, 0.1) is 11.8 Å². The van der Waals surface area contributed by atoms with Crippen LogP contribution in [0.4, 0.5) is 0 Å². The average molecular weight is 311 g/mol. The monoisotopic (exact) mass is 311 g/mol. The van der Waals surface area contributed by atoms with Gasteiger partial charge in [-0.3, -0.25) is 9.59 Å². The minimum Gasteiger partial charge on any atom is -0.481 e. The predicted molar refractivity (Wildman–Crippen MR) is 83.5 cm³/mol. The van der Waals surface area contributed by atoms with Crippen LogP contribution in [0.25, 0.3) is 0 Å². The third kappa shape index (κ3) is 5.27. The molecule has 2 unspecified atom stereocenters. The molecule has 1 heterocycles. The summed E-state index contributed by atoms with van der Waals surface area (Å²) in [5.74, 6) is 0.494. The number of ether oxygens (including phenoxy) is 1. The molecule has 1 N–H and O–H groups in total. The molecule has 1 aliphatic carbocycles. The van der Waals surface area contributed by atoms with Gasteiger partial charge in [0.1, 0.15) is 0 Å². The van der Waals surface area contributed by atoms with Gasteiger partial charge in [-0.1, -0.05) is 19.8 Å². The number of rotatable bonds is 6. The molecule has 0 spiro atoms. The normalized spacial score (nSPS) is 26.6. The van der Waals surface area contributed by atoms with Crippen molar-refractivity contribution in [3.63, 3.8) is 0 Å². The summed E-state index contributed by atoms with van der Waals surface area (Å²) in [6, 6.07) is 0.154. The first-order chi connectivity index (χ1) is 10.6. The summed E-state index contributed by atoms with van der Waals surface area (Å²) in [6.07, 6.45) is 7.02. The Morgan fingerprint density at radius 2 is 1.91 bits per heavy atom. The summed E-state index contributed by atoms with van der Waals surface area (Å²) in [4.78, 5) is 25.4. The first-order valence-corrected chi connectivity index (χ1v) is 8.65. The van der Waals surface area contributed by atoms with Gasteiger partial charge < -0.3 is 14.7 Å². The van der Waals surface area contributed by atoms with Gasteiger partial charge in [0, 0.05) is 32.2 Å². The Balaban J connectivity index is 1.93. The van der Waals surface area contributed by atoms with Crippen LogP contribution in [0.3, 0.4) is 0 Å². The molecule has 5 nitrogen and oxygen atoms in total. The molecule has 2 rings (SSSR count). The van der Waals surface area contributed by atoms with E-state index in [1.807, 2.05) is 4.90 Å². The van der Waals surface area contributed by atoms with Gasteiger partial charge in [0.2, 0.25) is 5.91 Å². The molecule has 0 aromatic heterocycles. The van der Waals surface area contributed by atoms with E-state index in [9.17, 15) is 9.59 Å². The first-order valence-electron chi connectivity index (χ1n) is 8.65. The quantitative estimate of drug-likeness (QED) is 0.819. The van der Waals surface area contributed by atoms with Crippen molar-refractivity contribution in [3.8, 4) is 0 Å². The van der Waals surface area contributed by atoms with E-state index in [1.165, 1.54) is 12.8 Å². The first kappa shape index (κ1) is 17.3. The maximum Gasteiger partial charge on any atom is 0.305 e. The van der Waals surface area contributed by atoms with Crippen molar-refractivity contribution in [1.82, 2.24) is 4.90 Å². The highest BCUT2D eigenvalue weighted by molar-refractivity contribution is 5.77. The van der Waals surface area contributed by atoms with Gasteiger partial charge in [-0.05, 0) is 37.5 Å². The van der Waals surface area contributed by atoms with Crippen LogP contribution in [0.5, 0.6) is 0 Å². The second kappa shape index (κ2) is 8.51. The molecule has 2 atom stereocenters. The lowest BCUT2D eigenvalue weighted by molar-refractivity contribution is -0.140. The third-order valence-corrected chi connectivity index (χ3v) is 5.03. The van der Waals surface area contributed by atoms with Crippen LogP contribution < -0.4 is 0 Å². The van der Waals surface area contributed by atoms with Crippen LogP contribution in [-0.4, -0.2) is 47.7 Å². The van der Waals surface area contributed by atoms with E-state index in [0.717, 1.165) is 25.7 Å². The van der Waals surface area contributed by atoms with Gasteiger partial charge >= 0.3 is 5.97 Å². The van der Waals surface area contributed by atoms with Crippen molar-refractivity contribution in [2.45, 2.75) is 64.3 Å². The van der Waals surface area contributed by atoms with E-state index in [2.05, 4.69) is 6.92 Å². The molecule has 1 amide bonds. The van der Waals surface area contributed by atoms with Gasteiger partial charge in [-0.15, -0.1) is 0 Å². The van der Waals surface area contributed by atoms with Gasteiger partial charge in [-0.25, -0.2) is 0 Å². The zero-order chi connectivity index (χ0) is 15.9. The fraction of sp³-hybridized carbons (Fsp3) is 0.882. The Bertz CT molecular complexity index is 379. The second-order valence-corrected chi connectivity index (χ2v) is 6.92. The lowest BCUT2D eigenvalue weighted by Crippen LogP contribution is -2.45. The Morgan fingerprint density at radius 1 is 1.18 bits per heavy atom. The maximum atomic E-state index is 12.7. The van der Waals surface area contributed by atoms with Crippen LogP contribution in [0.2, 0.25) is 0 Å². The van der Waals surface area contributed by atoms with Crippen molar-refractivity contribution in [2.24, 2.45) is 11.8 Å². The second-order valence-electron chi connectivity index (χ2n) is 6.92. The topological polar surface area (TPSA) is 66.8 Å². The van der Waals surface area contributed by atoms with Gasteiger partial charge in [0.15, 0.2) is 0 Å². The highest BCUT2D eigenvalue weighted by Crippen LogP contribution is 2.31. The molecule has 0 radical (unpaired) electrons. The minimum atomic E-state index is -0.837. The molecular weight excluding hydrogens is 282 g/mol. The molecule has 2 aliphatic rings. The molecular formula is C17H29NO4.